The molecule has 0 heterocycles. The summed E-state index contributed by atoms with van der Waals surface area (Å²) in [6, 6.07) is 11.8. The third-order valence-corrected chi connectivity index (χ3v) is 3.25. The van der Waals surface area contributed by atoms with Crippen LogP contribution in [-0.4, -0.2) is 11.0 Å². The van der Waals surface area contributed by atoms with Crippen LogP contribution in [0.3, 0.4) is 0 Å². The van der Waals surface area contributed by atoms with Crippen LogP contribution in [0.4, 0.5) is 16.2 Å². The van der Waals surface area contributed by atoms with Gasteiger partial charge in [0.2, 0.25) is 0 Å². The molecule has 2 rings (SSSR count). The molecule has 6 nitrogen and oxygen atoms in total. The number of carbonyl (C=O) groups excluding carboxylic acids is 1. The SMILES string of the molecule is Cc1ccc(CNC(=O)Nc2cc([N+](=O)[O-])ccc2C)cc1. The Kier molecular flexibility index (Phi) is 4.73. The van der Waals surface area contributed by atoms with Crippen LogP contribution in [0, 0.1) is 24.0 Å². The third kappa shape index (κ3) is 4.05. The van der Waals surface area contributed by atoms with Gasteiger partial charge >= 0.3 is 6.03 Å². The van der Waals surface area contributed by atoms with Crippen molar-refractivity contribution in [1.29, 1.82) is 0 Å². The molecule has 2 aromatic rings. The van der Waals surface area contributed by atoms with E-state index in [0.29, 0.717) is 12.2 Å². The fourth-order valence-corrected chi connectivity index (χ4v) is 1.91. The van der Waals surface area contributed by atoms with Crippen molar-refractivity contribution in [3.63, 3.8) is 0 Å². The van der Waals surface area contributed by atoms with Gasteiger partial charge in [-0.05, 0) is 25.0 Å². The molecule has 22 heavy (non-hydrogen) atoms. The summed E-state index contributed by atoms with van der Waals surface area (Å²) in [6.07, 6.45) is 0. The van der Waals surface area contributed by atoms with Gasteiger partial charge in [-0.3, -0.25) is 10.1 Å². The zero-order valence-corrected chi connectivity index (χ0v) is 12.4. The molecule has 0 fully saturated rings. The van der Waals surface area contributed by atoms with Gasteiger partial charge < -0.3 is 10.6 Å². The van der Waals surface area contributed by atoms with Gasteiger partial charge in [0.15, 0.2) is 0 Å². The number of amides is 2. The molecule has 6 heteroatoms. The Balaban J connectivity index is 1.98. The Morgan fingerprint density at radius 1 is 1.14 bits per heavy atom. The monoisotopic (exact) mass is 299 g/mol. The van der Waals surface area contributed by atoms with E-state index in [9.17, 15) is 14.9 Å². The lowest BCUT2D eigenvalue weighted by molar-refractivity contribution is -0.384. The molecule has 2 amide bonds. The Morgan fingerprint density at radius 3 is 2.45 bits per heavy atom. The zero-order chi connectivity index (χ0) is 16.1. The molecule has 0 atom stereocenters. The highest BCUT2D eigenvalue weighted by molar-refractivity contribution is 5.90. The molecule has 0 bridgehead atoms. The summed E-state index contributed by atoms with van der Waals surface area (Å²) in [4.78, 5) is 22.2. The molecule has 0 aromatic heterocycles. The molecular weight excluding hydrogens is 282 g/mol. The molecular formula is C16H17N3O3. The first-order valence-electron chi connectivity index (χ1n) is 6.81. The topological polar surface area (TPSA) is 84.3 Å². The molecule has 0 saturated heterocycles. The number of benzene rings is 2. The van der Waals surface area contributed by atoms with Gasteiger partial charge in [0.05, 0.1) is 10.6 Å². The molecule has 0 aliphatic rings. The first-order valence-corrected chi connectivity index (χ1v) is 6.81. The number of non-ortho nitro benzene ring substituents is 1. The Labute approximate surface area is 128 Å². The average Bonchev–Trinajstić information content (AvgIpc) is 2.48. The van der Waals surface area contributed by atoms with Crippen LogP contribution in [0.2, 0.25) is 0 Å². The quantitative estimate of drug-likeness (QED) is 0.669. The molecule has 0 spiro atoms. The number of carbonyl (C=O) groups is 1. The van der Waals surface area contributed by atoms with E-state index in [1.165, 1.54) is 12.1 Å². The first kappa shape index (κ1) is 15.5. The predicted molar refractivity (Wildman–Crippen MR) is 84.9 cm³/mol. The Hall–Kier alpha value is -2.89. The van der Waals surface area contributed by atoms with Gasteiger partial charge in [-0.25, -0.2) is 4.79 Å². The second-order valence-electron chi connectivity index (χ2n) is 5.05. The van der Waals surface area contributed by atoms with Crippen LogP contribution >= 0.6 is 0 Å². The van der Waals surface area contributed by atoms with E-state index in [4.69, 9.17) is 0 Å². The molecule has 0 radical (unpaired) electrons. The number of nitrogens with zero attached hydrogens (tertiary/aromatic N) is 1. The minimum absolute atomic E-state index is 0.0561. The average molecular weight is 299 g/mol. The number of aryl methyl sites for hydroxylation is 2. The van der Waals surface area contributed by atoms with Gasteiger partial charge in [0.25, 0.3) is 5.69 Å². The van der Waals surface area contributed by atoms with Gasteiger partial charge in [-0.1, -0.05) is 35.9 Å². The van der Waals surface area contributed by atoms with E-state index in [1.54, 1.807) is 13.0 Å². The summed E-state index contributed by atoms with van der Waals surface area (Å²) < 4.78 is 0. The molecule has 0 aliphatic carbocycles. The standard InChI is InChI=1S/C16H17N3O3/c1-11-3-6-13(7-4-11)10-17-16(20)18-15-9-14(19(21)22)8-5-12(15)2/h3-9H,10H2,1-2H3,(H2,17,18,20). The highest BCUT2D eigenvalue weighted by Crippen LogP contribution is 2.21. The van der Waals surface area contributed by atoms with Gasteiger partial charge in [0.1, 0.15) is 0 Å². The predicted octanol–water partition coefficient (Wildman–Crippen LogP) is 3.53. The smallest absolute Gasteiger partial charge is 0.319 e. The fraction of sp³-hybridized carbons (Fsp3) is 0.188. The number of nitro benzene ring substituents is 1. The largest absolute Gasteiger partial charge is 0.334 e. The highest BCUT2D eigenvalue weighted by Gasteiger charge is 2.10. The molecule has 114 valence electrons. The van der Waals surface area contributed by atoms with Crippen LogP contribution in [0.5, 0.6) is 0 Å². The second-order valence-corrected chi connectivity index (χ2v) is 5.05. The van der Waals surface area contributed by atoms with Crippen LogP contribution in [0.25, 0.3) is 0 Å². The van der Waals surface area contributed by atoms with Crippen molar-refractivity contribution in [2.45, 2.75) is 20.4 Å². The summed E-state index contributed by atoms with van der Waals surface area (Å²) in [6.45, 7) is 4.16. The van der Waals surface area contributed by atoms with E-state index in [2.05, 4.69) is 10.6 Å². The van der Waals surface area contributed by atoms with E-state index in [1.807, 2.05) is 31.2 Å². The lowest BCUT2D eigenvalue weighted by Gasteiger charge is -2.10. The molecule has 0 aliphatic heterocycles. The number of rotatable bonds is 4. The van der Waals surface area contributed by atoms with Crippen molar-refractivity contribution in [2.75, 3.05) is 5.32 Å². The minimum Gasteiger partial charge on any atom is -0.334 e. The molecule has 2 aromatic carbocycles. The lowest BCUT2D eigenvalue weighted by atomic mass is 10.1. The van der Waals surface area contributed by atoms with Crippen molar-refractivity contribution >= 4 is 17.4 Å². The number of nitro groups is 1. The van der Waals surface area contributed by atoms with E-state index >= 15 is 0 Å². The van der Waals surface area contributed by atoms with Crippen molar-refractivity contribution in [2.24, 2.45) is 0 Å². The number of hydrogen-bond donors (Lipinski definition) is 2. The molecule has 0 saturated carbocycles. The van der Waals surface area contributed by atoms with Gasteiger partial charge in [0, 0.05) is 18.7 Å². The van der Waals surface area contributed by atoms with Crippen molar-refractivity contribution in [3.05, 3.63) is 69.3 Å². The van der Waals surface area contributed by atoms with Gasteiger partial charge in [-0.2, -0.15) is 0 Å². The van der Waals surface area contributed by atoms with Crippen LogP contribution < -0.4 is 10.6 Å². The first-order chi connectivity index (χ1) is 10.5. The number of nitrogens with one attached hydrogen (secondary N) is 2. The van der Waals surface area contributed by atoms with E-state index in [0.717, 1.165) is 16.7 Å². The Morgan fingerprint density at radius 2 is 1.82 bits per heavy atom. The summed E-state index contributed by atoms with van der Waals surface area (Å²) in [5, 5.41) is 16.1. The van der Waals surface area contributed by atoms with E-state index < -0.39 is 11.0 Å². The number of hydrogen-bond acceptors (Lipinski definition) is 3. The lowest BCUT2D eigenvalue weighted by Crippen LogP contribution is -2.28. The maximum Gasteiger partial charge on any atom is 0.319 e. The maximum absolute atomic E-state index is 11.9. The zero-order valence-electron chi connectivity index (χ0n) is 12.4. The van der Waals surface area contributed by atoms with Crippen molar-refractivity contribution in [3.8, 4) is 0 Å². The fourth-order valence-electron chi connectivity index (χ4n) is 1.91. The van der Waals surface area contributed by atoms with Crippen LogP contribution in [-0.2, 0) is 6.54 Å². The summed E-state index contributed by atoms with van der Waals surface area (Å²) in [7, 11) is 0. The minimum atomic E-state index is -0.491. The number of anilines is 1. The van der Waals surface area contributed by atoms with Crippen molar-refractivity contribution < 1.29 is 9.72 Å². The number of urea groups is 1. The summed E-state index contributed by atoms with van der Waals surface area (Å²) >= 11 is 0. The third-order valence-electron chi connectivity index (χ3n) is 3.25. The summed E-state index contributed by atoms with van der Waals surface area (Å²) in [5.74, 6) is 0. The highest BCUT2D eigenvalue weighted by atomic mass is 16.6. The van der Waals surface area contributed by atoms with Crippen LogP contribution in [0.15, 0.2) is 42.5 Å². The summed E-state index contributed by atoms with van der Waals surface area (Å²) in [5.41, 5.74) is 3.27. The maximum atomic E-state index is 11.9. The molecule has 0 unspecified atom stereocenters. The molecule has 2 N–H and O–H groups in total. The Bertz CT molecular complexity index is 696. The van der Waals surface area contributed by atoms with Gasteiger partial charge in [-0.15, -0.1) is 0 Å². The normalized spacial score (nSPS) is 10.1. The second kappa shape index (κ2) is 6.71. The van der Waals surface area contributed by atoms with Crippen molar-refractivity contribution in [1.82, 2.24) is 5.32 Å². The van der Waals surface area contributed by atoms with E-state index in [-0.39, 0.29) is 5.69 Å². The van der Waals surface area contributed by atoms with Crippen LogP contribution in [0.1, 0.15) is 16.7 Å².